The van der Waals surface area contributed by atoms with Crippen molar-refractivity contribution in [2.45, 2.75) is 6.92 Å². The van der Waals surface area contributed by atoms with Crippen molar-refractivity contribution in [1.82, 2.24) is 15.0 Å². The van der Waals surface area contributed by atoms with Gasteiger partial charge in [0.15, 0.2) is 11.5 Å². The molecule has 2 heterocycles. The lowest BCUT2D eigenvalue weighted by molar-refractivity contribution is 0.356. The maximum Gasteiger partial charge on any atom is 0.229 e. The van der Waals surface area contributed by atoms with Crippen molar-refractivity contribution in [3.63, 3.8) is 0 Å². The highest BCUT2D eigenvalue weighted by Gasteiger charge is 2.14. The molecule has 0 radical (unpaired) electrons. The number of rotatable bonds is 6. The predicted octanol–water partition coefficient (Wildman–Crippen LogP) is 5.26. The fraction of sp³-hybridized carbons (Fsp3) is 0.136. The summed E-state index contributed by atoms with van der Waals surface area (Å²) in [4.78, 5) is 13.4. The van der Waals surface area contributed by atoms with E-state index in [1.54, 1.807) is 26.6 Å². The highest BCUT2D eigenvalue weighted by atomic mass is 35.5. The Labute approximate surface area is 180 Å². The van der Waals surface area contributed by atoms with E-state index < -0.39 is 0 Å². The summed E-state index contributed by atoms with van der Waals surface area (Å²) in [6, 6.07) is 15.5. The third-order valence-electron chi connectivity index (χ3n) is 4.54. The van der Waals surface area contributed by atoms with Gasteiger partial charge in [-0.3, -0.25) is 4.98 Å². The summed E-state index contributed by atoms with van der Waals surface area (Å²) in [5, 5.41) is 7.48. The van der Waals surface area contributed by atoms with Gasteiger partial charge >= 0.3 is 0 Å². The molecule has 0 atom stereocenters. The van der Waals surface area contributed by atoms with E-state index in [2.05, 4.69) is 20.6 Å². The summed E-state index contributed by atoms with van der Waals surface area (Å²) >= 11 is 0. The number of pyridine rings is 1. The van der Waals surface area contributed by atoms with Crippen molar-refractivity contribution in [1.29, 1.82) is 0 Å². The van der Waals surface area contributed by atoms with Crippen LogP contribution in [-0.4, -0.2) is 29.2 Å². The number of methoxy groups -OCH3 is 2. The number of aromatic nitrogens is 3. The van der Waals surface area contributed by atoms with Crippen LogP contribution in [0.2, 0.25) is 0 Å². The number of halogens is 1. The average Bonchev–Trinajstić information content (AvgIpc) is 2.75. The summed E-state index contributed by atoms with van der Waals surface area (Å²) in [7, 11) is 3.21. The summed E-state index contributed by atoms with van der Waals surface area (Å²) in [6.45, 7) is 2.05. The van der Waals surface area contributed by atoms with Crippen LogP contribution in [0.5, 0.6) is 11.5 Å². The van der Waals surface area contributed by atoms with Crippen LogP contribution in [0.3, 0.4) is 0 Å². The lowest BCUT2D eigenvalue weighted by Gasteiger charge is -2.15. The maximum atomic E-state index is 5.47. The molecule has 0 bridgehead atoms. The zero-order valence-electron chi connectivity index (χ0n) is 16.8. The zero-order valence-corrected chi connectivity index (χ0v) is 17.7. The molecule has 0 saturated heterocycles. The number of fused-ring (bicyclic) bond motifs is 1. The van der Waals surface area contributed by atoms with Gasteiger partial charge in [-0.05, 0) is 36.8 Å². The number of benzene rings is 2. The van der Waals surface area contributed by atoms with Gasteiger partial charge in [0.1, 0.15) is 5.82 Å². The number of nitrogens with one attached hydrogen (secondary N) is 2. The third kappa shape index (κ3) is 4.36. The fourth-order valence-electron chi connectivity index (χ4n) is 3.01. The fourth-order valence-corrected chi connectivity index (χ4v) is 3.01. The van der Waals surface area contributed by atoms with Gasteiger partial charge in [0.25, 0.3) is 0 Å². The van der Waals surface area contributed by atoms with E-state index in [0.29, 0.717) is 23.3 Å². The molecule has 0 saturated carbocycles. The SMILES string of the molecule is COc1cc2nc(Nc3ccncc3)nc(Nc3ccccc3C)c2cc1OC.Cl. The van der Waals surface area contributed by atoms with E-state index in [1.807, 2.05) is 55.5 Å². The standard InChI is InChI=1S/C22H21N5O2.ClH/c1-14-6-4-5-7-17(14)25-21-16-12-19(28-2)20(29-3)13-18(16)26-22(27-21)24-15-8-10-23-11-9-15;/h4-13H,1-3H3,(H2,23,24,25,26,27);1H. The van der Waals surface area contributed by atoms with Crippen molar-refractivity contribution < 1.29 is 9.47 Å². The van der Waals surface area contributed by atoms with Gasteiger partial charge in [0, 0.05) is 35.2 Å². The van der Waals surface area contributed by atoms with Crippen LogP contribution in [0.15, 0.2) is 60.9 Å². The number of ether oxygens (including phenoxy) is 2. The lowest BCUT2D eigenvalue weighted by Crippen LogP contribution is -2.04. The highest BCUT2D eigenvalue weighted by Crippen LogP contribution is 2.36. The Morgan fingerprint density at radius 2 is 1.53 bits per heavy atom. The number of para-hydroxylation sites is 1. The van der Waals surface area contributed by atoms with Crippen molar-refractivity contribution in [3.05, 3.63) is 66.5 Å². The van der Waals surface area contributed by atoms with Crippen LogP contribution in [-0.2, 0) is 0 Å². The molecular weight excluding hydrogens is 402 g/mol. The Kier molecular flexibility index (Phi) is 6.54. The second kappa shape index (κ2) is 9.28. The maximum absolute atomic E-state index is 5.47. The molecule has 0 amide bonds. The molecule has 4 aromatic rings. The number of aryl methyl sites for hydroxylation is 1. The third-order valence-corrected chi connectivity index (χ3v) is 4.54. The normalized spacial score (nSPS) is 10.2. The Morgan fingerprint density at radius 3 is 2.23 bits per heavy atom. The van der Waals surface area contributed by atoms with Gasteiger partial charge in [-0.2, -0.15) is 4.98 Å². The van der Waals surface area contributed by atoms with Crippen LogP contribution in [0.4, 0.5) is 23.1 Å². The summed E-state index contributed by atoms with van der Waals surface area (Å²) in [6.07, 6.45) is 3.42. The number of nitrogens with zero attached hydrogens (tertiary/aromatic N) is 3. The topological polar surface area (TPSA) is 81.2 Å². The van der Waals surface area contributed by atoms with E-state index in [-0.39, 0.29) is 12.4 Å². The molecule has 154 valence electrons. The minimum atomic E-state index is 0. The predicted molar refractivity (Wildman–Crippen MR) is 122 cm³/mol. The van der Waals surface area contributed by atoms with Gasteiger partial charge in [0.05, 0.1) is 19.7 Å². The molecule has 0 aliphatic rings. The van der Waals surface area contributed by atoms with E-state index in [4.69, 9.17) is 14.5 Å². The van der Waals surface area contributed by atoms with Crippen LogP contribution in [0.1, 0.15) is 5.56 Å². The Balaban J connectivity index is 0.00000256. The molecule has 2 aromatic heterocycles. The van der Waals surface area contributed by atoms with Crippen LogP contribution in [0, 0.1) is 6.92 Å². The molecule has 4 rings (SSSR count). The van der Waals surface area contributed by atoms with Gasteiger partial charge in [-0.15, -0.1) is 12.4 Å². The first-order chi connectivity index (χ1) is 14.2. The molecule has 2 N–H and O–H groups in total. The molecule has 7 nitrogen and oxygen atoms in total. The molecular formula is C22H22ClN5O2. The van der Waals surface area contributed by atoms with Crippen LogP contribution >= 0.6 is 12.4 Å². The first-order valence-electron chi connectivity index (χ1n) is 9.11. The molecule has 0 spiro atoms. The smallest absolute Gasteiger partial charge is 0.229 e. The van der Waals surface area contributed by atoms with Crippen molar-refractivity contribution in [2.75, 3.05) is 24.9 Å². The first-order valence-corrected chi connectivity index (χ1v) is 9.11. The average molecular weight is 424 g/mol. The largest absolute Gasteiger partial charge is 0.493 e. The summed E-state index contributed by atoms with van der Waals surface area (Å²) in [5.41, 5.74) is 3.66. The van der Waals surface area contributed by atoms with E-state index >= 15 is 0 Å². The monoisotopic (exact) mass is 423 g/mol. The number of hydrogen-bond acceptors (Lipinski definition) is 7. The molecule has 0 aliphatic heterocycles. The minimum Gasteiger partial charge on any atom is -0.493 e. The van der Waals surface area contributed by atoms with E-state index in [1.165, 1.54) is 0 Å². The molecule has 30 heavy (non-hydrogen) atoms. The summed E-state index contributed by atoms with van der Waals surface area (Å²) in [5.74, 6) is 2.36. The summed E-state index contributed by atoms with van der Waals surface area (Å²) < 4.78 is 10.9. The van der Waals surface area contributed by atoms with Gasteiger partial charge < -0.3 is 20.1 Å². The van der Waals surface area contributed by atoms with Crippen LogP contribution < -0.4 is 20.1 Å². The van der Waals surface area contributed by atoms with Crippen molar-refractivity contribution in [3.8, 4) is 11.5 Å². The van der Waals surface area contributed by atoms with Crippen molar-refractivity contribution >= 4 is 46.5 Å². The highest BCUT2D eigenvalue weighted by molar-refractivity contribution is 5.94. The Bertz CT molecular complexity index is 1160. The number of anilines is 4. The zero-order chi connectivity index (χ0) is 20.2. The quantitative estimate of drug-likeness (QED) is 0.437. The Hall–Kier alpha value is -3.58. The van der Waals surface area contributed by atoms with Gasteiger partial charge in [-0.1, -0.05) is 18.2 Å². The minimum absolute atomic E-state index is 0. The molecule has 0 unspecified atom stereocenters. The van der Waals surface area contributed by atoms with Gasteiger partial charge in [0.2, 0.25) is 5.95 Å². The second-order valence-electron chi connectivity index (χ2n) is 6.42. The molecule has 2 aromatic carbocycles. The van der Waals surface area contributed by atoms with E-state index in [0.717, 1.165) is 27.8 Å². The van der Waals surface area contributed by atoms with Crippen LogP contribution in [0.25, 0.3) is 10.9 Å². The second-order valence-corrected chi connectivity index (χ2v) is 6.42. The van der Waals surface area contributed by atoms with E-state index in [9.17, 15) is 0 Å². The Morgan fingerprint density at radius 1 is 0.833 bits per heavy atom. The molecule has 0 fully saturated rings. The molecule has 0 aliphatic carbocycles. The van der Waals surface area contributed by atoms with Gasteiger partial charge in [-0.25, -0.2) is 4.98 Å². The first kappa shape index (κ1) is 21.1. The number of hydrogen-bond donors (Lipinski definition) is 2. The molecule has 8 heteroatoms. The lowest BCUT2D eigenvalue weighted by atomic mass is 10.1. The van der Waals surface area contributed by atoms with Crippen molar-refractivity contribution in [2.24, 2.45) is 0 Å².